The molecule has 0 saturated carbocycles. The van der Waals surface area contributed by atoms with E-state index in [0.717, 1.165) is 33.4 Å². The topological polar surface area (TPSA) is 280 Å². The molecular weight excluding hydrogens is 1220 g/mol. The maximum absolute atomic E-state index is 15.6. The van der Waals surface area contributed by atoms with Gasteiger partial charge in [-0.05, 0) is 166 Å². The van der Waals surface area contributed by atoms with E-state index in [0.29, 0.717) is 137 Å². The van der Waals surface area contributed by atoms with Gasteiger partial charge in [0.2, 0.25) is 30.0 Å². The van der Waals surface area contributed by atoms with E-state index in [1.165, 1.54) is 18.9 Å². The van der Waals surface area contributed by atoms with Crippen molar-refractivity contribution in [1.82, 2.24) is 35.3 Å². The van der Waals surface area contributed by atoms with Crippen molar-refractivity contribution >= 4 is 53.0 Å². The van der Waals surface area contributed by atoms with Crippen LogP contribution in [0.1, 0.15) is 252 Å². The van der Waals surface area contributed by atoms with Gasteiger partial charge in [0, 0.05) is 73.7 Å². The van der Waals surface area contributed by atoms with Crippen LogP contribution < -0.4 is 27.2 Å². The summed E-state index contributed by atoms with van der Waals surface area (Å²) in [5.41, 5.74) is 8.40. The number of nitrogens with one attached hydrogen (secondary N) is 3. The predicted molar refractivity (Wildman–Crippen MR) is 371 cm³/mol. The van der Waals surface area contributed by atoms with Gasteiger partial charge in [-0.15, -0.1) is 0 Å². The molecule has 0 bridgehead atoms. The van der Waals surface area contributed by atoms with Crippen LogP contribution in [-0.4, -0.2) is 136 Å². The minimum atomic E-state index is -0.784. The van der Waals surface area contributed by atoms with E-state index in [9.17, 15) is 38.4 Å². The maximum atomic E-state index is 15.6. The number of carbonyl (C=O) groups is 7. The van der Waals surface area contributed by atoms with Gasteiger partial charge in [-0.1, -0.05) is 88.2 Å². The number of hydrogen-bond donors (Lipinski definition) is 5. The lowest BCUT2D eigenvalue weighted by Crippen LogP contribution is -2.55. The molecule has 6 unspecified atom stereocenters. The van der Waals surface area contributed by atoms with Crippen molar-refractivity contribution in [2.45, 2.75) is 275 Å². The second kappa shape index (κ2) is 39.4. The minimum absolute atomic E-state index is 0.0826. The van der Waals surface area contributed by atoms with E-state index in [-0.39, 0.29) is 85.5 Å². The van der Waals surface area contributed by atoms with Gasteiger partial charge in [0.15, 0.2) is 0 Å². The molecule has 4 heterocycles. The normalized spacial score (nSPS) is 17.9. The molecule has 2 aliphatic heterocycles. The Morgan fingerprint density at radius 3 is 2.22 bits per heavy atom. The molecule has 0 spiro atoms. The Labute approximate surface area is 565 Å². The summed E-state index contributed by atoms with van der Waals surface area (Å²) >= 11 is 0. The SMILES string of the molecule is CC.CC.CCC(C)OCCC(C)(C)C(=O)NC(CCCCNC(=O)C1CC/C=C/C(OC(=O)N(C)C2CCc3c(C)c(F)cc4nc5c(c2c34)Cn2c-5cc3c(c2=O)COC(=O)C3CC)CC1)C(=O)NC(C)(C)CCOC(C)(C)C.CCCC.NC(=O)CCN(C=O)CO. The zero-order valence-corrected chi connectivity index (χ0v) is 60.7. The van der Waals surface area contributed by atoms with Gasteiger partial charge in [-0.25, -0.2) is 14.2 Å². The lowest BCUT2D eigenvalue weighted by atomic mass is 9.81. The Morgan fingerprint density at radius 2 is 1.61 bits per heavy atom. The van der Waals surface area contributed by atoms with Gasteiger partial charge < -0.3 is 60.1 Å². The average molecular weight is 1330 g/mol. The van der Waals surface area contributed by atoms with Gasteiger partial charge in [0.1, 0.15) is 31.3 Å². The third-order valence-electron chi connectivity index (χ3n) is 17.7. The zero-order valence-electron chi connectivity index (χ0n) is 60.7. The van der Waals surface area contributed by atoms with Gasteiger partial charge in [0.25, 0.3) is 5.56 Å². The number of allylic oxidation sites excluding steroid dienone is 1. The smallest absolute Gasteiger partial charge is 0.410 e. The fraction of sp³-hybridized carbons (Fsp3) is 0.685. The standard InChI is InChI=1S/C60H85FN6O10.C5H10N2O3.C4H10.2C2H6/c1-13-35(3)74-29-26-59(8,9)56(72)64-45(53(69)65-60(10,11)27-30-76-58(5,6)7)21-17-18-28-62-52(68)37-19-15-16-20-38(23-22-37)77-57(73)66(12)47-25-24-40-36(4)44(61)32-46-49(40)50(47)42-33-67-48(51(42)63-46)31-41-39(14-2)55(71)75-34-43(41)54(67)70;6-5(10)1-2-7(3-8)4-9;1-3-4-2;2*1-2/h16,20,31-32,35,37-39,45,47H,13-15,17-19,21-30,33-34H2,1-12H3,(H,62,68)(H,64,72)(H,65,69);3,9H,1-2,4H2,(H2,6,10);3-4H2,1-2H3;2*1-2H3/b20-16+;;;;. The van der Waals surface area contributed by atoms with Gasteiger partial charge in [-0.3, -0.25) is 33.6 Å². The van der Waals surface area contributed by atoms with Crippen LogP contribution in [0.25, 0.3) is 22.3 Å². The van der Waals surface area contributed by atoms with Crippen LogP contribution in [0.15, 0.2) is 29.1 Å². The van der Waals surface area contributed by atoms with Crippen LogP contribution in [0.2, 0.25) is 0 Å². The van der Waals surface area contributed by atoms with E-state index in [4.69, 9.17) is 34.8 Å². The summed E-state index contributed by atoms with van der Waals surface area (Å²) in [5.74, 6) is -2.71. The molecule has 21 nitrogen and oxygen atoms in total. The fourth-order valence-electron chi connectivity index (χ4n) is 11.5. The molecule has 1 aromatic carbocycles. The number of aromatic nitrogens is 2. The Hall–Kier alpha value is -6.78. The van der Waals surface area contributed by atoms with Crippen molar-refractivity contribution in [1.29, 1.82) is 0 Å². The first-order valence-electron chi connectivity index (χ1n) is 34.9. The number of aliphatic hydroxyl groups excluding tert-OH is 1. The molecule has 0 saturated heterocycles. The van der Waals surface area contributed by atoms with Crippen molar-refractivity contribution in [3.63, 3.8) is 0 Å². The molecule has 4 aliphatic rings. The van der Waals surface area contributed by atoms with E-state index in [1.807, 2.05) is 108 Å². The monoisotopic (exact) mass is 1330 g/mol. The summed E-state index contributed by atoms with van der Waals surface area (Å²) in [5, 5.41) is 18.5. The summed E-state index contributed by atoms with van der Waals surface area (Å²) in [6, 6.07) is 2.02. The largest absolute Gasteiger partial charge is 0.460 e. The number of esters is 1. The average Bonchev–Trinajstić information content (AvgIpc) is 1.63. The number of unbranched alkanes of at least 4 members (excludes halogenated alkanes) is 2. The molecule has 7 rings (SSSR count). The second-order valence-corrected chi connectivity index (χ2v) is 26.9. The van der Waals surface area contributed by atoms with Crippen LogP contribution in [0.4, 0.5) is 9.18 Å². The lowest BCUT2D eigenvalue weighted by Gasteiger charge is -2.35. The van der Waals surface area contributed by atoms with E-state index >= 15 is 4.39 Å². The number of aryl methyl sites for hydroxylation is 1. The first kappa shape index (κ1) is 82.5. The number of nitrogens with zero attached hydrogens (tertiary/aromatic N) is 4. The number of benzene rings is 1. The van der Waals surface area contributed by atoms with Crippen LogP contribution in [0.3, 0.4) is 0 Å². The Kier molecular flexibility index (Phi) is 34.2. The summed E-state index contributed by atoms with van der Waals surface area (Å²) in [6.45, 7) is 34.8. The molecule has 2 aliphatic carbocycles. The molecule has 0 fully saturated rings. The highest BCUT2D eigenvalue weighted by Crippen LogP contribution is 2.47. The number of rotatable bonds is 27. The van der Waals surface area contributed by atoms with E-state index in [1.54, 1.807) is 23.4 Å². The van der Waals surface area contributed by atoms with Crippen LogP contribution in [0.5, 0.6) is 0 Å². The van der Waals surface area contributed by atoms with Gasteiger partial charge in [0.05, 0.1) is 52.7 Å². The van der Waals surface area contributed by atoms with Crippen molar-refractivity contribution in [2.24, 2.45) is 17.1 Å². The molecule has 534 valence electrons. The third-order valence-corrected chi connectivity index (χ3v) is 17.7. The summed E-state index contributed by atoms with van der Waals surface area (Å²) in [4.78, 5) is 110. The maximum Gasteiger partial charge on any atom is 0.410 e. The molecule has 2 aromatic heterocycles. The first-order valence-corrected chi connectivity index (χ1v) is 34.9. The number of fused-ring (bicyclic) bond motifs is 5. The van der Waals surface area contributed by atoms with Crippen molar-refractivity contribution in [2.75, 3.05) is 40.1 Å². The minimum Gasteiger partial charge on any atom is -0.460 e. The summed E-state index contributed by atoms with van der Waals surface area (Å²) in [6.07, 6.45) is 13.1. The number of nitrogens with two attached hydrogens (primary N) is 1. The number of primary amides is 1. The number of ether oxygens (including phenoxy) is 4. The van der Waals surface area contributed by atoms with Crippen LogP contribution >= 0.6 is 0 Å². The van der Waals surface area contributed by atoms with Gasteiger partial charge in [-0.2, -0.15) is 0 Å². The summed E-state index contributed by atoms with van der Waals surface area (Å²) < 4.78 is 40.7. The van der Waals surface area contributed by atoms with Crippen molar-refractivity contribution < 1.29 is 62.0 Å². The molecule has 6 amide bonds. The number of pyridine rings is 2. The van der Waals surface area contributed by atoms with Gasteiger partial charge >= 0.3 is 12.1 Å². The predicted octanol–water partition coefficient (Wildman–Crippen LogP) is 11.8. The Morgan fingerprint density at radius 1 is 0.926 bits per heavy atom. The number of aliphatic hydroxyl groups is 1. The number of cyclic esters (lactones) is 1. The molecule has 22 heteroatoms. The highest BCUT2D eigenvalue weighted by Gasteiger charge is 2.40. The zero-order chi connectivity index (χ0) is 71.5. The first-order chi connectivity index (χ1) is 45.0. The van der Waals surface area contributed by atoms with Crippen LogP contribution in [-0.2, 0) is 67.3 Å². The van der Waals surface area contributed by atoms with Crippen LogP contribution in [0, 0.1) is 24.1 Å². The van der Waals surface area contributed by atoms with E-state index in [2.05, 4.69) is 36.7 Å². The molecule has 6 atom stereocenters. The van der Waals surface area contributed by atoms with Crippen molar-refractivity contribution in [3.8, 4) is 11.4 Å². The molecule has 3 aromatic rings. The third kappa shape index (κ3) is 23.8. The number of carbonyl (C=O) groups excluding carboxylic acids is 7. The van der Waals surface area contributed by atoms with E-state index < -0.39 is 47.1 Å². The summed E-state index contributed by atoms with van der Waals surface area (Å²) in [7, 11) is 1.71. The quantitative estimate of drug-likeness (QED) is 0.0122. The second-order valence-electron chi connectivity index (χ2n) is 26.9. The molecule has 95 heavy (non-hydrogen) atoms. The number of halogens is 1. The number of amides is 6. The Bertz CT molecular complexity index is 3120. The molecule has 6 N–H and O–H groups in total. The highest BCUT2D eigenvalue weighted by molar-refractivity contribution is 5.94. The van der Waals surface area contributed by atoms with Crippen molar-refractivity contribution in [3.05, 3.63) is 73.8 Å². The fourth-order valence-corrected chi connectivity index (χ4v) is 11.5. The lowest BCUT2D eigenvalue weighted by molar-refractivity contribution is -0.148. The number of hydrogen-bond acceptors (Lipinski definition) is 14. The Balaban J connectivity index is 0.00000116. The molecule has 0 radical (unpaired) electrons. The molecular formula is C73H117FN8O13. The highest BCUT2D eigenvalue weighted by atomic mass is 19.1.